The maximum Gasteiger partial charge on any atom is 0.309 e. The van der Waals surface area contributed by atoms with Crippen LogP contribution in [0.15, 0.2) is 0 Å². The van der Waals surface area contributed by atoms with Crippen molar-refractivity contribution in [2.75, 3.05) is 0 Å². The van der Waals surface area contributed by atoms with Gasteiger partial charge in [0.2, 0.25) is 0 Å². The van der Waals surface area contributed by atoms with Gasteiger partial charge in [0.05, 0.1) is 17.6 Å². The number of carboxylic acid groups (broad SMARTS) is 1. The van der Waals surface area contributed by atoms with Gasteiger partial charge in [0.1, 0.15) is 5.78 Å². The molecule has 5 heteroatoms. The molecule has 140 valence electrons. The molecule has 4 aliphatic rings. The maximum atomic E-state index is 12.7. The number of carbonyl (C=O) groups is 2. The van der Waals surface area contributed by atoms with Gasteiger partial charge in [0.15, 0.2) is 0 Å². The Morgan fingerprint density at radius 1 is 1.16 bits per heavy atom. The third-order valence-electron chi connectivity index (χ3n) is 8.84. The average molecular weight is 350 g/mol. The number of ketones is 1. The Morgan fingerprint density at radius 2 is 1.84 bits per heavy atom. The fraction of sp³-hybridized carbons (Fsp3) is 0.900. The minimum atomic E-state index is -0.876. The molecular weight excluding hydrogens is 320 g/mol. The van der Waals surface area contributed by atoms with E-state index in [1.807, 2.05) is 6.92 Å². The van der Waals surface area contributed by atoms with E-state index < -0.39 is 34.4 Å². The molecule has 0 aliphatic heterocycles. The second kappa shape index (κ2) is 4.86. The van der Waals surface area contributed by atoms with Gasteiger partial charge in [-0.1, -0.05) is 20.3 Å². The van der Waals surface area contributed by atoms with Crippen LogP contribution in [0.4, 0.5) is 0 Å². The van der Waals surface area contributed by atoms with Crippen LogP contribution in [-0.4, -0.2) is 39.3 Å². The lowest BCUT2D eigenvalue weighted by Gasteiger charge is -2.66. The summed E-state index contributed by atoms with van der Waals surface area (Å²) in [6, 6.07) is 0. The normalized spacial score (nSPS) is 57.7. The maximum absolute atomic E-state index is 12.7. The van der Waals surface area contributed by atoms with Crippen molar-refractivity contribution in [3.05, 3.63) is 0 Å². The summed E-state index contributed by atoms with van der Waals surface area (Å²) in [7, 11) is 0. The second-order valence-electron chi connectivity index (χ2n) is 10.2. The summed E-state index contributed by atoms with van der Waals surface area (Å²) in [5.74, 6) is -1.02. The monoisotopic (exact) mass is 350 g/mol. The predicted molar refractivity (Wildman–Crippen MR) is 90.7 cm³/mol. The van der Waals surface area contributed by atoms with E-state index in [1.165, 1.54) is 0 Å². The average Bonchev–Trinajstić information content (AvgIpc) is 2.69. The van der Waals surface area contributed by atoms with Gasteiger partial charge in [-0.25, -0.2) is 0 Å². The number of rotatable bonds is 1. The van der Waals surface area contributed by atoms with Gasteiger partial charge in [0, 0.05) is 17.3 Å². The molecule has 0 unspecified atom stereocenters. The van der Waals surface area contributed by atoms with E-state index in [-0.39, 0.29) is 23.0 Å². The van der Waals surface area contributed by atoms with Gasteiger partial charge < -0.3 is 15.3 Å². The molecule has 4 saturated carbocycles. The van der Waals surface area contributed by atoms with Gasteiger partial charge in [-0.2, -0.15) is 0 Å². The second-order valence-corrected chi connectivity index (χ2v) is 10.2. The molecule has 0 aromatic carbocycles. The number of hydrogen-bond donors (Lipinski definition) is 3. The SMILES string of the molecule is C[C@@]12C[C@H](O)[C@H]3[C@]4(C)CCC[C@@](C)(C(=O)O)[C@H]4C[C@H](O)[C@]3(CC1=O)C2. The molecular formula is C20H30O5. The van der Waals surface area contributed by atoms with Crippen molar-refractivity contribution in [1.82, 2.24) is 0 Å². The van der Waals surface area contributed by atoms with Crippen LogP contribution in [0.5, 0.6) is 0 Å². The largest absolute Gasteiger partial charge is 0.481 e. The van der Waals surface area contributed by atoms with Crippen LogP contribution in [0.2, 0.25) is 0 Å². The van der Waals surface area contributed by atoms with Crippen LogP contribution in [0.1, 0.15) is 65.7 Å². The number of aliphatic hydroxyl groups excluding tert-OH is 2. The van der Waals surface area contributed by atoms with Crippen molar-refractivity contribution >= 4 is 11.8 Å². The highest BCUT2D eigenvalue weighted by atomic mass is 16.4. The van der Waals surface area contributed by atoms with E-state index in [2.05, 4.69) is 6.92 Å². The van der Waals surface area contributed by atoms with Crippen molar-refractivity contribution in [3.63, 3.8) is 0 Å². The quantitative estimate of drug-likeness (QED) is 0.675. The fourth-order valence-electron chi connectivity index (χ4n) is 7.84. The number of fused-ring (bicyclic) bond motifs is 3. The van der Waals surface area contributed by atoms with Crippen molar-refractivity contribution in [3.8, 4) is 0 Å². The Bertz CT molecular complexity index is 646. The number of aliphatic hydroxyl groups is 2. The predicted octanol–water partition coefficient (Wildman–Crippen LogP) is 2.38. The van der Waals surface area contributed by atoms with Crippen LogP contribution in [0.25, 0.3) is 0 Å². The van der Waals surface area contributed by atoms with Gasteiger partial charge in [-0.3, -0.25) is 9.59 Å². The van der Waals surface area contributed by atoms with Crippen molar-refractivity contribution in [2.45, 2.75) is 77.9 Å². The molecule has 2 bridgehead atoms. The third-order valence-corrected chi connectivity index (χ3v) is 8.84. The molecule has 0 radical (unpaired) electrons. The van der Waals surface area contributed by atoms with E-state index in [0.29, 0.717) is 32.1 Å². The van der Waals surface area contributed by atoms with Crippen LogP contribution >= 0.6 is 0 Å². The molecule has 3 N–H and O–H groups in total. The van der Waals surface area contributed by atoms with E-state index in [1.54, 1.807) is 6.92 Å². The number of aliphatic carboxylic acids is 1. The highest BCUT2D eigenvalue weighted by Crippen LogP contribution is 2.72. The molecule has 0 aromatic heterocycles. The Kier molecular flexibility index (Phi) is 3.40. The van der Waals surface area contributed by atoms with Gasteiger partial charge in [0.25, 0.3) is 0 Å². The summed E-state index contributed by atoms with van der Waals surface area (Å²) in [6.45, 7) is 5.85. The zero-order valence-electron chi connectivity index (χ0n) is 15.4. The summed E-state index contributed by atoms with van der Waals surface area (Å²) in [5, 5.41) is 32.1. The summed E-state index contributed by atoms with van der Waals surface area (Å²) in [4.78, 5) is 24.8. The lowest BCUT2D eigenvalue weighted by Crippen LogP contribution is -2.66. The molecule has 8 atom stereocenters. The Hall–Kier alpha value is -0.940. The zero-order chi connectivity index (χ0) is 18.4. The number of carbonyl (C=O) groups excluding carboxylic acids is 1. The highest BCUT2D eigenvalue weighted by molar-refractivity contribution is 5.88. The molecule has 1 spiro atoms. The Balaban J connectivity index is 1.85. The smallest absolute Gasteiger partial charge is 0.309 e. The molecule has 0 aromatic rings. The van der Waals surface area contributed by atoms with Crippen molar-refractivity contribution in [2.24, 2.45) is 33.5 Å². The molecule has 5 nitrogen and oxygen atoms in total. The molecule has 4 aliphatic carbocycles. The van der Waals surface area contributed by atoms with Crippen LogP contribution < -0.4 is 0 Å². The molecule has 0 amide bonds. The first-order valence-electron chi connectivity index (χ1n) is 9.62. The van der Waals surface area contributed by atoms with E-state index >= 15 is 0 Å². The first kappa shape index (κ1) is 17.5. The minimum absolute atomic E-state index is 0.159. The first-order valence-corrected chi connectivity index (χ1v) is 9.62. The minimum Gasteiger partial charge on any atom is -0.481 e. The van der Waals surface area contributed by atoms with Crippen LogP contribution in [0, 0.1) is 33.5 Å². The molecule has 0 saturated heterocycles. The molecule has 4 rings (SSSR count). The fourth-order valence-corrected chi connectivity index (χ4v) is 7.84. The molecule has 4 fully saturated rings. The molecule has 0 heterocycles. The van der Waals surface area contributed by atoms with Crippen LogP contribution in [-0.2, 0) is 9.59 Å². The van der Waals surface area contributed by atoms with E-state index in [9.17, 15) is 24.9 Å². The number of hydrogen-bond acceptors (Lipinski definition) is 4. The van der Waals surface area contributed by atoms with Crippen molar-refractivity contribution in [1.29, 1.82) is 0 Å². The molecule has 25 heavy (non-hydrogen) atoms. The number of Topliss-reactive ketones (excluding diaryl/α,β-unsaturated/α-hetero) is 1. The Labute approximate surface area is 148 Å². The van der Waals surface area contributed by atoms with Gasteiger partial charge in [-0.15, -0.1) is 0 Å². The van der Waals surface area contributed by atoms with E-state index in [0.717, 1.165) is 12.8 Å². The van der Waals surface area contributed by atoms with Crippen molar-refractivity contribution < 1.29 is 24.9 Å². The lowest BCUT2D eigenvalue weighted by atomic mass is 9.39. The van der Waals surface area contributed by atoms with Crippen LogP contribution in [0.3, 0.4) is 0 Å². The Morgan fingerprint density at radius 3 is 2.48 bits per heavy atom. The van der Waals surface area contributed by atoms with Gasteiger partial charge >= 0.3 is 5.97 Å². The first-order chi connectivity index (χ1) is 11.5. The highest BCUT2D eigenvalue weighted by Gasteiger charge is 2.73. The lowest BCUT2D eigenvalue weighted by molar-refractivity contribution is -0.237. The summed E-state index contributed by atoms with van der Waals surface area (Å²) in [6.07, 6.45) is 2.76. The number of carboxylic acids is 1. The van der Waals surface area contributed by atoms with E-state index in [4.69, 9.17) is 0 Å². The standard InChI is InChI=1S/C20H30O5/c1-17-8-11(21)15-18(2)5-4-6-19(3,16(24)25)12(18)7-13(22)20(15,10-17)9-14(17)23/h11-13,15,21-22H,4-10H2,1-3H3,(H,24,25)/t11-,12-,13-,15-,17-,18+,19+,20-/m0/s1. The summed E-state index contributed by atoms with van der Waals surface area (Å²) in [5.41, 5.74) is -2.34. The zero-order valence-corrected chi connectivity index (χ0v) is 15.4. The summed E-state index contributed by atoms with van der Waals surface area (Å²) < 4.78 is 0. The third kappa shape index (κ3) is 1.92. The topological polar surface area (TPSA) is 94.8 Å². The van der Waals surface area contributed by atoms with Gasteiger partial charge in [-0.05, 0) is 56.3 Å². The summed E-state index contributed by atoms with van der Waals surface area (Å²) >= 11 is 0.